The molecule has 1 aromatic heterocycles. The number of nitrogen functional groups attached to an aromatic ring is 1. The van der Waals surface area contributed by atoms with E-state index in [0.717, 1.165) is 0 Å². The Kier molecular flexibility index (Phi) is 1.96. The van der Waals surface area contributed by atoms with Gasteiger partial charge in [0.1, 0.15) is 6.07 Å². The van der Waals surface area contributed by atoms with E-state index in [1.807, 2.05) is 0 Å². The highest BCUT2D eigenvalue weighted by atomic mass is 16.5. The van der Waals surface area contributed by atoms with Crippen LogP contribution in [0, 0.1) is 11.3 Å². The molecular weight excluding hydrogens is 162 g/mol. The molecule has 0 saturated carbocycles. The molecule has 0 fully saturated rings. The summed E-state index contributed by atoms with van der Waals surface area (Å²) in [7, 11) is 1.17. The van der Waals surface area contributed by atoms with Crippen LogP contribution < -0.4 is 5.73 Å². The molecule has 12 heavy (non-hydrogen) atoms. The molecule has 6 heteroatoms. The van der Waals surface area contributed by atoms with Crippen LogP contribution in [0.25, 0.3) is 0 Å². The molecule has 0 bridgehead atoms. The highest BCUT2D eigenvalue weighted by Crippen LogP contribution is 2.14. The molecule has 0 amide bonds. The second kappa shape index (κ2) is 2.92. The lowest BCUT2D eigenvalue weighted by molar-refractivity contribution is 0.0554. The number of ether oxygens (including phenoxy) is 1. The molecule has 0 radical (unpaired) electrons. The zero-order valence-corrected chi connectivity index (χ0v) is 6.20. The Bertz CT molecular complexity index is 349. The molecule has 1 heterocycles. The molecule has 0 aliphatic heterocycles. The van der Waals surface area contributed by atoms with Crippen LogP contribution in [0.1, 0.15) is 16.1 Å². The smallest absolute Gasteiger partial charge is 0.378 e. The molecule has 0 atom stereocenters. The summed E-state index contributed by atoms with van der Waals surface area (Å²) in [5.41, 5.74) is 5.11. The number of carbonyl (C=O) groups is 1. The molecule has 1 aromatic rings. The van der Waals surface area contributed by atoms with E-state index >= 15 is 0 Å². The van der Waals surface area contributed by atoms with Crippen LogP contribution >= 0.6 is 0 Å². The molecule has 0 aromatic carbocycles. The molecule has 1 rings (SSSR count). The van der Waals surface area contributed by atoms with Crippen molar-refractivity contribution >= 4 is 11.8 Å². The van der Waals surface area contributed by atoms with E-state index in [-0.39, 0.29) is 17.1 Å². The minimum atomic E-state index is -0.768. The van der Waals surface area contributed by atoms with Crippen molar-refractivity contribution in [1.82, 2.24) is 5.16 Å². The summed E-state index contributed by atoms with van der Waals surface area (Å²) < 4.78 is 8.78. The Labute approximate surface area is 67.5 Å². The summed E-state index contributed by atoms with van der Waals surface area (Å²) in [5, 5.41) is 11.7. The van der Waals surface area contributed by atoms with E-state index < -0.39 is 5.97 Å². The Morgan fingerprint density at radius 2 is 2.50 bits per heavy atom. The first-order valence-electron chi connectivity index (χ1n) is 2.94. The number of rotatable bonds is 1. The van der Waals surface area contributed by atoms with E-state index in [1.54, 1.807) is 6.07 Å². The van der Waals surface area contributed by atoms with E-state index in [2.05, 4.69) is 14.4 Å². The van der Waals surface area contributed by atoms with Gasteiger partial charge in [0.05, 0.1) is 7.11 Å². The number of hydrogen-bond acceptors (Lipinski definition) is 6. The quantitative estimate of drug-likeness (QED) is 0.586. The lowest BCUT2D eigenvalue weighted by Crippen LogP contribution is -2.02. The van der Waals surface area contributed by atoms with Gasteiger partial charge in [-0.15, -0.1) is 0 Å². The maximum atomic E-state index is 10.8. The van der Waals surface area contributed by atoms with Gasteiger partial charge in [-0.2, -0.15) is 5.26 Å². The number of esters is 1. The number of methoxy groups -OCH3 is 1. The van der Waals surface area contributed by atoms with Gasteiger partial charge in [0, 0.05) is 0 Å². The fourth-order valence-corrected chi connectivity index (χ4v) is 0.642. The minimum Gasteiger partial charge on any atom is -0.463 e. The van der Waals surface area contributed by atoms with Crippen molar-refractivity contribution in [2.45, 2.75) is 0 Å². The Morgan fingerprint density at radius 1 is 1.83 bits per heavy atom. The first-order chi connectivity index (χ1) is 5.70. The van der Waals surface area contributed by atoms with Crippen molar-refractivity contribution < 1.29 is 14.1 Å². The summed E-state index contributed by atoms with van der Waals surface area (Å²) in [6.45, 7) is 0. The molecular formula is C6H5N3O3. The largest absolute Gasteiger partial charge is 0.463 e. The van der Waals surface area contributed by atoms with E-state index in [0.29, 0.717) is 0 Å². The molecule has 62 valence electrons. The molecule has 0 spiro atoms. The lowest BCUT2D eigenvalue weighted by Gasteiger charge is -1.90. The predicted molar refractivity (Wildman–Crippen MR) is 37.0 cm³/mol. The maximum absolute atomic E-state index is 10.8. The standard InChI is InChI=1S/C6H5N3O3/c1-11-6(10)4-3(2-7)5(8)9-12-4/h1H3,(H2,8,9). The number of aromatic nitrogens is 1. The average molecular weight is 167 g/mol. The van der Waals surface area contributed by atoms with Crippen LogP contribution in [0.2, 0.25) is 0 Å². The van der Waals surface area contributed by atoms with E-state index in [4.69, 9.17) is 11.0 Å². The predicted octanol–water partition coefficient (Wildman–Crippen LogP) is -0.0849. The van der Waals surface area contributed by atoms with E-state index in [9.17, 15) is 4.79 Å². The van der Waals surface area contributed by atoms with Crippen molar-refractivity contribution in [2.75, 3.05) is 12.8 Å². The second-order valence-electron chi connectivity index (χ2n) is 1.88. The second-order valence-corrected chi connectivity index (χ2v) is 1.88. The third-order valence-corrected chi connectivity index (χ3v) is 1.20. The summed E-state index contributed by atoms with van der Waals surface area (Å²) in [6.07, 6.45) is 0. The van der Waals surface area contributed by atoms with Crippen LogP contribution in [-0.4, -0.2) is 18.2 Å². The van der Waals surface area contributed by atoms with Crippen LogP contribution in [0.15, 0.2) is 4.52 Å². The minimum absolute atomic E-state index is 0.0955. The highest BCUT2D eigenvalue weighted by Gasteiger charge is 2.20. The third kappa shape index (κ3) is 1.08. The topological polar surface area (TPSA) is 102 Å². The highest BCUT2D eigenvalue weighted by molar-refractivity contribution is 5.90. The molecule has 0 unspecified atom stereocenters. The van der Waals surface area contributed by atoms with Crippen molar-refractivity contribution in [3.8, 4) is 6.07 Å². The molecule has 6 nitrogen and oxygen atoms in total. The number of nitrogens with two attached hydrogens (primary N) is 1. The van der Waals surface area contributed by atoms with Crippen LogP contribution in [0.4, 0.5) is 5.82 Å². The van der Waals surface area contributed by atoms with E-state index in [1.165, 1.54) is 7.11 Å². The van der Waals surface area contributed by atoms with Crippen molar-refractivity contribution in [2.24, 2.45) is 0 Å². The van der Waals surface area contributed by atoms with Gasteiger partial charge >= 0.3 is 5.97 Å². The fraction of sp³-hybridized carbons (Fsp3) is 0.167. The van der Waals surface area contributed by atoms with Gasteiger partial charge in [0.2, 0.25) is 0 Å². The van der Waals surface area contributed by atoms with Gasteiger partial charge in [-0.3, -0.25) is 0 Å². The molecule has 0 aliphatic rings. The van der Waals surface area contributed by atoms with Gasteiger partial charge in [-0.05, 0) is 0 Å². The number of nitriles is 1. The van der Waals surface area contributed by atoms with Crippen molar-refractivity contribution in [1.29, 1.82) is 5.26 Å². The fourth-order valence-electron chi connectivity index (χ4n) is 0.642. The van der Waals surface area contributed by atoms with Gasteiger partial charge in [0.25, 0.3) is 5.76 Å². The number of carbonyl (C=O) groups excluding carboxylic acids is 1. The zero-order valence-electron chi connectivity index (χ0n) is 6.20. The van der Waals surface area contributed by atoms with Crippen LogP contribution in [-0.2, 0) is 4.74 Å². The van der Waals surface area contributed by atoms with Gasteiger partial charge in [-0.1, -0.05) is 5.16 Å². The van der Waals surface area contributed by atoms with Gasteiger partial charge in [-0.25, -0.2) is 4.79 Å². The first-order valence-corrected chi connectivity index (χ1v) is 2.94. The number of hydrogen-bond donors (Lipinski definition) is 1. The number of nitrogens with zero attached hydrogens (tertiary/aromatic N) is 2. The molecule has 2 N–H and O–H groups in total. The molecule has 0 saturated heterocycles. The molecule has 0 aliphatic carbocycles. The third-order valence-electron chi connectivity index (χ3n) is 1.20. The Morgan fingerprint density at radius 3 is 3.00 bits per heavy atom. The summed E-state index contributed by atoms with van der Waals surface area (Å²) in [6, 6.07) is 1.68. The van der Waals surface area contributed by atoms with Gasteiger partial charge < -0.3 is 15.0 Å². The van der Waals surface area contributed by atoms with Crippen molar-refractivity contribution in [3.05, 3.63) is 11.3 Å². The normalized spacial score (nSPS) is 9.00. The number of anilines is 1. The summed E-state index contributed by atoms with van der Waals surface area (Å²) >= 11 is 0. The zero-order chi connectivity index (χ0) is 9.14. The summed E-state index contributed by atoms with van der Waals surface area (Å²) in [4.78, 5) is 10.8. The first kappa shape index (κ1) is 8.07. The average Bonchev–Trinajstić information content (AvgIpc) is 2.45. The Balaban J connectivity index is 3.18. The van der Waals surface area contributed by atoms with Crippen molar-refractivity contribution in [3.63, 3.8) is 0 Å². The maximum Gasteiger partial charge on any atom is 0.378 e. The van der Waals surface area contributed by atoms with Gasteiger partial charge in [0.15, 0.2) is 11.4 Å². The SMILES string of the molecule is COC(=O)c1onc(N)c1C#N. The summed E-state index contributed by atoms with van der Waals surface area (Å²) in [5.74, 6) is -1.15. The van der Waals surface area contributed by atoms with Crippen LogP contribution in [0.3, 0.4) is 0 Å². The van der Waals surface area contributed by atoms with Crippen LogP contribution in [0.5, 0.6) is 0 Å². The lowest BCUT2D eigenvalue weighted by atomic mass is 10.2. The Hall–Kier alpha value is -2.03. The monoisotopic (exact) mass is 167 g/mol.